The minimum absolute atomic E-state index is 0.618. The molecule has 0 radical (unpaired) electrons. The topological polar surface area (TPSA) is 68.1 Å². The number of nitrogens with one attached hydrogen (secondary N) is 2. The Morgan fingerprint density at radius 3 is 2.84 bits per heavy atom. The van der Waals surface area contributed by atoms with Gasteiger partial charge in [-0.05, 0) is 22.9 Å². The van der Waals surface area contributed by atoms with E-state index < -0.39 is 0 Å². The second-order valence-electron chi connectivity index (χ2n) is 7.23. The predicted molar refractivity (Wildman–Crippen MR) is 96.6 cm³/mol. The molecule has 1 saturated heterocycles. The van der Waals surface area contributed by atoms with E-state index in [0.717, 1.165) is 36.7 Å². The molecule has 2 aliphatic heterocycles. The number of anilines is 1. The van der Waals surface area contributed by atoms with Gasteiger partial charge in [-0.25, -0.2) is 0 Å². The van der Waals surface area contributed by atoms with Crippen molar-refractivity contribution < 1.29 is 9.80 Å². The van der Waals surface area contributed by atoms with Crippen molar-refractivity contribution in [2.45, 2.75) is 19.9 Å². The summed E-state index contributed by atoms with van der Waals surface area (Å²) in [5.74, 6) is 1.72. The maximum atomic E-state index is 4.88. The monoisotopic (exact) mass is 360 g/mol. The molecule has 0 amide bonds. The first-order chi connectivity index (χ1) is 12.2. The molecule has 0 aromatic carbocycles. The zero-order chi connectivity index (χ0) is 17.0. The minimum atomic E-state index is 0.618. The van der Waals surface area contributed by atoms with Crippen molar-refractivity contribution in [2.75, 3.05) is 51.2 Å². The van der Waals surface area contributed by atoms with E-state index in [2.05, 4.69) is 34.4 Å². The van der Waals surface area contributed by atoms with E-state index in [4.69, 9.17) is 4.98 Å². The number of piperazine rings is 1. The molecule has 5 rings (SSSR count). The third kappa shape index (κ3) is 2.41. The normalized spacial score (nSPS) is 22.0. The lowest BCUT2D eigenvalue weighted by Crippen LogP contribution is -3.14. The van der Waals surface area contributed by atoms with Crippen LogP contribution in [0.25, 0.3) is 16.0 Å². The number of hydrogen-bond donors (Lipinski definition) is 2. The molecular weight excluding hydrogens is 336 g/mol. The number of thiophene rings is 1. The van der Waals surface area contributed by atoms with E-state index in [9.17, 15) is 0 Å². The van der Waals surface area contributed by atoms with Gasteiger partial charge >= 0.3 is 0 Å². The SMILES string of the molecule is CC[NH+]1CCN(c2nc3nnnn3c3sc4c(c23)CC[NH+](C)C4)CC1. The zero-order valence-electron chi connectivity index (χ0n) is 14.7. The van der Waals surface area contributed by atoms with Gasteiger partial charge in [-0.3, -0.25) is 0 Å². The molecule has 3 aromatic heterocycles. The van der Waals surface area contributed by atoms with E-state index in [1.54, 1.807) is 9.80 Å². The Balaban J connectivity index is 1.68. The second kappa shape index (κ2) is 5.86. The van der Waals surface area contributed by atoms with Gasteiger partial charge in [-0.1, -0.05) is 5.10 Å². The van der Waals surface area contributed by atoms with Crippen LogP contribution in [0.5, 0.6) is 0 Å². The largest absolute Gasteiger partial charge is 0.345 e. The first-order valence-corrected chi connectivity index (χ1v) is 9.98. The highest BCUT2D eigenvalue weighted by atomic mass is 32.1. The fraction of sp³-hybridized carbons (Fsp3) is 0.625. The lowest BCUT2D eigenvalue weighted by atomic mass is 10.0. The van der Waals surface area contributed by atoms with Crippen molar-refractivity contribution >= 4 is 33.1 Å². The van der Waals surface area contributed by atoms with Crippen molar-refractivity contribution in [1.82, 2.24) is 25.0 Å². The van der Waals surface area contributed by atoms with E-state index in [1.807, 2.05) is 15.9 Å². The fourth-order valence-electron chi connectivity index (χ4n) is 4.14. The van der Waals surface area contributed by atoms with Crippen molar-refractivity contribution in [2.24, 2.45) is 0 Å². The Morgan fingerprint density at radius 2 is 2.04 bits per heavy atom. The summed E-state index contributed by atoms with van der Waals surface area (Å²) in [6.45, 7) is 10.2. The van der Waals surface area contributed by atoms with Crippen molar-refractivity contribution in [3.05, 3.63) is 10.4 Å². The standard InChI is InChI=1S/C16H22N8S/c1-3-22-6-8-23(9-7-22)14-13-11-4-5-21(2)10-12(11)25-15(13)24-16(17-14)18-19-20-24/h3-10H2,1-2H3/p+2. The highest BCUT2D eigenvalue weighted by Crippen LogP contribution is 2.37. The summed E-state index contributed by atoms with van der Waals surface area (Å²) >= 11 is 1.85. The Labute approximate surface area is 150 Å². The number of aromatic nitrogens is 5. The number of quaternary nitrogens is 2. The maximum absolute atomic E-state index is 4.88. The van der Waals surface area contributed by atoms with Gasteiger partial charge in [0.1, 0.15) is 17.2 Å². The Kier molecular flexibility index (Phi) is 3.61. The minimum Gasteiger partial charge on any atom is -0.345 e. The van der Waals surface area contributed by atoms with Crippen LogP contribution >= 0.6 is 11.3 Å². The number of rotatable bonds is 2. The Bertz CT molecular complexity index is 923. The van der Waals surface area contributed by atoms with Gasteiger partial charge in [0.2, 0.25) is 0 Å². The van der Waals surface area contributed by atoms with Gasteiger partial charge in [0.15, 0.2) is 0 Å². The molecule has 1 atom stereocenters. The second-order valence-corrected chi connectivity index (χ2v) is 8.32. The molecular formula is C16H24N8S+2. The molecule has 0 saturated carbocycles. The molecule has 0 bridgehead atoms. The highest BCUT2D eigenvalue weighted by Gasteiger charge is 2.29. The molecule has 0 spiro atoms. The average Bonchev–Trinajstić information content (AvgIpc) is 3.24. The zero-order valence-corrected chi connectivity index (χ0v) is 15.6. The lowest BCUT2D eigenvalue weighted by Gasteiger charge is -2.33. The molecule has 9 heteroatoms. The van der Waals surface area contributed by atoms with Crippen LogP contribution in [0.2, 0.25) is 0 Å². The molecule has 3 aromatic rings. The lowest BCUT2D eigenvalue weighted by molar-refractivity contribution is -0.898. The van der Waals surface area contributed by atoms with Crippen molar-refractivity contribution in [3.63, 3.8) is 0 Å². The number of nitrogens with zero attached hydrogens (tertiary/aromatic N) is 6. The summed E-state index contributed by atoms with van der Waals surface area (Å²) < 4.78 is 1.82. The first-order valence-electron chi connectivity index (χ1n) is 9.16. The van der Waals surface area contributed by atoms with Crippen LogP contribution in [0.15, 0.2) is 0 Å². The molecule has 1 fully saturated rings. The smallest absolute Gasteiger partial charge is 0.276 e. The van der Waals surface area contributed by atoms with Gasteiger partial charge in [-0.2, -0.15) is 9.50 Å². The summed E-state index contributed by atoms with van der Waals surface area (Å²) in [5.41, 5.74) is 1.48. The van der Waals surface area contributed by atoms with Crippen LogP contribution in [-0.2, 0) is 13.0 Å². The third-order valence-electron chi connectivity index (χ3n) is 5.68. The van der Waals surface area contributed by atoms with E-state index in [1.165, 1.54) is 42.0 Å². The fourth-order valence-corrected chi connectivity index (χ4v) is 5.54. The maximum Gasteiger partial charge on any atom is 0.276 e. The summed E-state index contributed by atoms with van der Waals surface area (Å²) in [5, 5.41) is 13.5. The summed E-state index contributed by atoms with van der Waals surface area (Å²) in [6, 6.07) is 0. The third-order valence-corrected chi connectivity index (χ3v) is 6.89. The molecule has 1 unspecified atom stereocenters. The molecule has 2 N–H and O–H groups in total. The van der Waals surface area contributed by atoms with Gasteiger partial charge in [0.05, 0.1) is 56.6 Å². The van der Waals surface area contributed by atoms with Gasteiger partial charge in [-0.15, -0.1) is 11.3 Å². The number of fused-ring (bicyclic) bond motifs is 5. The summed E-state index contributed by atoms with van der Waals surface area (Å²) in [6.07, 6.45) is 1.11. The summed E-state index contributed by atoms with van der Waals surface area (Å²) in [7, 11) is 2.27. The van der Waals surface area contributed by atoms with Crippen LogP contribution in [0.1, 0.15) is 17.4 Å². The predicted octanol–water partition coefficient (Wildman–Crippen LogP) is -1.97. The quantitative estimate of drug-likeness (QED) is 0.555. The molecule has 25 heavy (non-hydrogen) atoms. The van der Waals surface area contributed by atoms with E-state index >= 15 is 0 Å². The summed E-state index contributed by atoms with van der Waals surface area (Å²) in [4.78, 5) is 13.2. The molecule has 8 nitrogen and oxygen atoms in total. The van der Waals surface area contributed by atoms with Crippen molar-refractivity contribution in [3.8, 4) is 0 Å². The molecule has 2 aliphatic rings. The van der Waals surface area contributed by atoms with Crippen LogP contribution < -0.4 is 14.7 Å². The van der Waals surface area contributed by atoms with Crippen LogP contribution in [0, 0.1) is 0 Å². The highest BCUT2D eigenvalue weighted by molar-refractivity contribution is 7.19. The average molecular weight is 360 g/mol. The van der Waals surface area contributed by atoms with Crippen LogP contribution in [0.4, 0.5) is 5.82 Å². The Hall–Kier alpha value is -1.84. The van der Waals surface area contributed by atoms with Crippen molar-refractivity contribution in [1.29, 1.82) is 0 Å². The van der Waals surface area contributed by atoms with E-state index in [0.29, 0.717) is 5.78 Å². The Morgan fingerprint density at radius 1 is 1.20 bits per heavy atom. The molecule has 132 valence electrons. The molecule has 5 heterocycles. The number of likely N-dealkylation sites (N-methyl/N-ethyl adjacent to an activating group) is 2. The molecule has 0 aliphatic carbocycles. The number of tetrazole rings is 1. The van der Waals surface area contributed by atoms with Gasteiger partial charge < -0.3 is 14.7 Å². The van der Waals surface area contributed by atoms with Crippen LogP contribution in [0.3, 0.4) is 0 Å². The van der Waals surface area contributed by atoms with E-state index in [-0.39, 0.29) is 0 Å². The van der Waals surface area contributed by atoms with Crippen LogP contribution in [-0.4, -0.2) is 71.3 Å². The number of hydrogen-bond acceptors (Lipinski definition) is 6. The van der Waals surface area contributed by atoms with Gasteiger partial charge in [0.25, 0.3) is 5.78 Å². The van der Waals surface area contributed by atoms with Gasteiger partial charge in [0, 0.05) is 6.42 Å². The first kappa shape index (κ1) is 15.4.